The van der Waals surface area contributed by atoms with Crippen LogP contribution in [0.2, 0.25) is 0 Å². The van der Waals surface area contributed by atoms with E-state index >= 15 is 0 Å². The van der Waals surface area contributed by atoms with Crippen LogP contribution in [0.3, 0.4) is 0 Å². The van der Waals surface area contributed by atoms with Crippen LogP contribution >= 0.6 is 0 Å². The van der Waals surface area contributed by atoms with Gasteiger partial charge in [0.1, 0.15) is 11.5 Å². The number of Topliss-reactive ketones (excluding diaryl/α,β-unsaturated/α-hetero) is 1. The first-order valence-corrected chi connectivity index (χ1v) is 9.88. The lowest BCUT2D eigenvalue weighted by Gasteiger charge is -2.25. The van der Waals surface area contributed by atoms with Crippen LogP contribution in [-0.4, -0.2) is 33.8 Å². The third-order valence-corrected chi connectivity index (χ3v) is 5.38. The van der Waals surface area contributed by atoms with Gasteiger partial charge in [0.2, 0.25) is 0 Å². The van der Waals surface area contributed by atoms with Gasteiger partial charge in [-0.1, -0.05) is 48.0 Å². The van der Waals surface area contributed by atoms with Gasteiger partial charge >= 0.3 is 0 Å². The molecule has 1 saturated heterocycles. The van der Waals surface area contributed by atoms with Crippen LogP contribution in [0.15, 0.2) is 78.6 Å². The van der Waals surface area contributed by atoms with Gasteiger partial charge < -0.3 is 14.7 Å². The zero-order valence-electron chi connectivity index (χ0n) is 17.3. The Balaban J connectivity index is 1.80. The number of carbonyl (C=O) groups is 2. The molecule has 0 aliphatic carbocycles. The second kappa shape index (κ2) is 8.44. The van der Waals surface area contributed by atoms with E-state index in [2.05, 4.69) is 4.98 Å². The van der Waals surface area contributed by atoms with Gasteiger partial charge in [-0.15, -0.1) is 0 Å². The topological polar surface area (TPSA) is 79.7 Å². The van der Waals surface area contributed by atoms with E-state index in [-0.39, 0.29) is 17.9 Å². The quantitative estimate of drug-likeness (QED) is 0.388. The number of hydrogen-bond acceptors (Lipinski definition) is 5. The van der Waals surface area contributed by atoms with Crippen molar-refractivity contribution in [3.63, 3.8) is 0 Å². The molecule has 0 saturated carbocycles. The summed E-state index contributed by atoms with van der Waals surface area (Å²) in [6.07, 6.45) is 3.24. The molecule has 1 aliphatic heterocycles. The Bertz CT molecular complexity index is 1140. The maximum atomic E-state index is 13.0. The number of likely N-dealkylation sites (tertiary alicyclic amines) is 1. The predicted octanol–water partition coefficient (Wildman–Crippen LogP) is 4.02. The van der Waals surface area contributed by atoms with Crippen LogP contribution in [0.5, 0.6) is 5.75 Å². The standard InChI is InChI=1S/C25H22N2O4/c1-16-5-9-18(10-6-16)23(28)21-22(19-4-3-13-26-14-19)27(25(30)24(21)29)15-17-7-11-20(31-2)12-8-17/h3-14,22,28H,15H2,1-2H3/b23-21-. The van der Waals surface area contributed by atoms with Crippen molar-refractivity contribution < 1.29 is 19.4 Å². The molecule has 4 rings (SSSR count). The Morgan fingerprint density at radius 1 is 1.06 bits per heavy atom. The van der Waals surface area contributed by atoms with Gasteiger partial charge in [0, 0.05) is 24.5 Å². The Morgan fingerprint density at radius 2 is 1.77 bits per heavy atom. The minimum absolute atomic E-state index is 0.0652. The average Bonchev–Trinajstić information content (AvgIpc) is 3.05. The number of aromatic nitrogens is 1. The maximum absolute atomic E-state index is 13.0. The number of ether oxygens (including phenoxy) is 1. The minimum Gasteiger partial charge on any atom is -0.507 e. The molecular formula is C25H22N2O4. The lowest BCUT2D eigenvalue weighted by atomic mass is 9.96. The fourth-order valence-electron chi connectivity index (χ4n) is 3.72. The monoisotopic (exact) mass is 414 g/mol. The molecule has 1 unspecified atom stereocenters. The summed E-state index contributed by atoms with van der Waals surface area (Å²) in [5.41, 5.74) is 3.08. The molecule has 1 fully saturated rings. The molecule has 6 nitrogen and oxygen atoms in total. The van der Waals surface area contributed by atoms with Crippen LogP contribution in [0.25, 0.3) is 5.76 Å². The van der Waals surface area contributed by atoms with E-state index in [4.69, 9.17) is 4.74 Å². The lowest BCUT2D eigenvalue weighted by Crippen LogP contribution is -2.29. The Labute approximate surface area is 180 Å². The fourth-order valence-corrected chi connectivity index (χ4v) is 3.72. The van der Waals surface area contributed by atoms with Crippen LogP contribution in [-0.2, 0) is 16.1 Å². The first kappa shape index (κ1) is 20.3. The highest BCUT2D eigenvalue weighted by atomic mass is 16.5. The number of carbonyl (C=O) groups excluding carboxylic acids is 2. The van der Waals surface area contributed by atoms with E-state index in [9.17, 15) is 14.7 Å². The Hall–Kier alpha value is -3.93. The number of nitrogens with zero attached hydrogens (tertiary/aromatic N) is 2. The molecule has 0 radical (unpaired) electrons. The van der Waals surface area contributed by atoms with Crippen molar-refractivity contribution in [2.45, 2.75) is 19.5 Å². The largest absolute Gasteiger partial charge is 0.507 e. The molecule has 31 heavy (non-hydrogen) atoms. The summed E-state index contributed by atoms with van der Waals surface area (Å²) < 4.78 is 5.19. The summed E-state index contributed by atoms with van der Waals surface area (Å²) in [5, 5.41) is 11.0. The normalized spacial score (nSPS) is 17.7. The number of pyridine rings is 1. The van der Waals surface area contributed by atoms with Gasteiger partial charge in [0.05, 0.1) is 18.7 Å². The summed E-state index contributed by atoms with van der Waals surface area (Å²) in [4.78, 5) is 31.6. The third-order valence-electron chi connectivity index (χ3n) is 5.38. The average molecular weight is 414 g/mol. The molecule has 1 amide bonds. The van der Waals surface area contributed by atoms with Gasteiger partial charge in [-0.2, -0.15) is 0 Å². The van der Waals surface area contributed by atoms with Crippen molar-refractivity contribution in [3.8, 4) is 5.75 Å². The molecule has 1 aromatic heterocycles. The fraction of sp³-hybridized carbons (Fsp3) is 0.160. The second-order valence-electron chi connectivity index (χ2n) is 7.43. The summed E-state index contributed by atoms with van der Waals surface area (Å²) >= 11 is 0. The molecule has 1 aliphatic rings. The van der Waals surface area contributed by atoms with Crippen LogP contribution in [0.1, 0.15) is 28.3 Å². The molecule has 6 heteroatoms. The molecule has 3 aromatic rings. The van der Waals surface area contributed by atoms with Crippen molar-refractivity contribution in [1.82, 2.24) is 9.88 Å². The minimum atomic E-state index is -0.739. The molecule has 156 valence electrons. The summed E-state index contributed by atoms with van der Waals surface area (Å²) in [5.74, 6) is -0.850. The summed E-state index contributed by atoms with van der Waals surface area (Å²) in [6, 6.07) is 17.3. The number of aryl methyl sites for hydroxylation is 1. The van der Waals surface area contributed by atoms with E-state index in [0.717, 1.165) is 11.1 Å². The molecule has 0 bridgehead atoms. The molecule has 0 spiro atoms. The van der Waals surface area contributed by atoms with E-state index in [1.165, 1.54) is 4.90 Å². The number of amides is 1. The van der Waals surface area contributed by atoms with Crippen molar-refractivity contribution >= 4 is 17.4 Å². The van der Waals surface area contributed by atoms with E-state index in [1.807, 2.05) is 31.2 Å². The molecule has 2 aromatic carbocycles. The molecule has 1 atom stereocenters. The number of aliphatic hydroxyl groups excluding tert-OH is 1. The van der Waals surface area contributed by atoms with E-state index in [1.54, 1.807) is 55.9 Å². The number of benzene rings is 2. The van der Waals surface area contributed by atoms with Crippen molar-refractivity contribution in [1.29, 1.82) is 0 Å². The van der Waals surface area contributed by atoms with Crippen LogP contribution in [0, 0.1) is 6.92 Å². The zero-order chi connectivity index (χ0) is 22.0. The number of hydrogen-bond donors (Lipinski definition) is 1. The van der Waals surface area contributed by atoms with Gasteiger partial charge in [0.15, 0.2) is 0 Å². The van der Waals surface area contributed by atoms with Crippen molar-refractivity contribution in [2.75, 3.05) is 7.11 Å². The first-order chi connectivity index (χ1) is 15.0. The second-order valence-corrected chi connectivity index (χ2v) is 7.43. The Morgan fingerprint density at radius 3 is 2.39 bits per heavy atom. The third kappa shape index (κ3) is 3.92. The van der Waals surface area contributed by atoms with Crippen molar-refractivity contribution in [2.24, 2.45) is 0 Å². The Kier molecular flexibility index (Phi) is 5.54. The van der Waals surface area contributed by atoms with Gasteiger partial charge in [-0.25, -0.2) is 0 Å². The highest BCUT2D eigenvalue weighted by molar-refractivity contribution is 6.46. The summed E-state index contributed by atoms with van der Waals surface area (Å²) in [7, 11) is 1.58. The predicted molar refractivity (Wildman–Crippen MR) is 116 cm³/mol. The smallest absolute Gasteiger partial charge is 0.295 e. The molecule has 1 N–H and O–H groups in total. The molecule has 2 heterocycles. The summed E-state index contributed by atoms with van der Waals surface area (Å²) in [6.45, 7) is 2.14. The van der Waals surface area contributed by atoms with Crippen molar-refractivity contribution in [3.05, 3.63) is 101 Å². The first-order valence-electron chi connectivity index (χ1n) is 9.88. The number of ketones is 1. The van der Waals surface area contributed by atoms with E-state index < -0.39 is 17.7 Å². The highest BCUT2D eigenvalue weighted by Crippen LogP contribution is 2.40. The number of methoxy groups -OCH3 is 1. The molecular weight excluding hydrogens is 392 g/mol. The zero-order valence-corrected chi connectivity index (χ0v) is 17.3. The SMILES string of the molecule is COc1ccc(CN2C(=O)C(=O)/C(=C(\O)c3ccc(C)cc3)C2c2cccnc2)cc1. The van der Waals surface area contributed by atoms with Crippen LogP contribution in [0.4, 0.5) is 0 Å². The number of rotatable bonds is 5. The van der Waals surface area contributed by atoms with Crippen LogP contribution < -0.4 is 4.74 Å². The van der Waals surface area contributed by atoms with Gasteiger partial charge in [0.25, 0.3) is 11.7 Å². The highest BCUT2D eigenvalue weighted by Gasteiger charge is 2.46. The van der Waals surface area contributed by atoms with E-state index in [0.29, 0.717) is 16.9 Å². The maximum Gasteiger partial charge on any atom is 0.295 e. The number of aliphatic hydroxyl groups is 1. The van der Waals surface area contributed by atoms with Gasteiger partial charge in [-0.3, -0.25) is 14.6 Å². The lowest BCUT2D eigenvalue weighted by molar-refractivity contribution is -0.140. The van der Waals surface area contributed by atoms with Gasteiger partial charge in [-0.05, 0) is 36.2 Å².